The monoisotopic (exact) mass is 258 g/mol. The lowest BCUT2D eigenvalue weighted by Gasteiger charge is -2.06. The Balaban J connectivity index is 2.45. The summed E-state index contributed by atoms with van der Waals surface area (Å²) in [5.41, 5.74) is 1.67. The minimum atomic E-state index is -0.288. The summed E-state index contributed by atoms with van der Waals surface area (Å²) in [5.74, 6) is 0.348. The zero-order valence-corrected chi connectivity index (χ0v) is 11.2. The average molecular weight is 258 g/mol. The van der Waals surface area contributed by atoms with E-state index in [1.165, 1.54) is 0 Å². The van der Waals surface area contributed by atoms with Crippen molar-refractivity contribution < 1.29 is 5.11 Å². The number of aromatic nitrogens is 2. The predicted molar refractivity (Wildman–Crippen MR) is 75.3 cm³/mol. The molecule has 0 aliphatic carbocycles. The lowest BCUT2D eigenvalue weighted by Crippen LogP contribution is -2.14. The predicted octanol–water partition coefficient (Wildman–Crippen LogP) is 2.79. The molecule has 0 amide bonds. The number of hydrogen-bond donors (Lipinski definition) is 2. The molecule has 4 heteroatoms. The van der Waals surface area contributed by atoms with Gasteiger partial charge in [0.25, 0.3) is 5.56 Å². The molecule has 2 rings (SSSR count). The highest BCUT2D eigenvalue weighted by Gasteiger charge is 2.12. The molecule has 0 spiro atoms. The molecule has 0 radical (unpaired) electrons. The van der Waals surface area contributed by atoms with E-state index in [-0.39, 0.29) is 17.0 Å². The zero-order chi connectivity index (χ0) is 13.8. The van der Waals surface area contributed by atoms with Gasteiger partial charge in [-0.15, -0.1) is 0 Å². The first kappa shape index (κ1) is 13.3. The SMILES string of the molecule is CCCCc1nc(O)c(-c2cccc(C)c2)c(=O)[nH]1. The molecule has 4 nitrogen and oxygen atoms in total. The maximum atomic E-state index is 12.1. The molecular formula is C15H18N2O2. The fraction of sp³-hybridized carbons (Fsp3) is 0.333. The van der Waals surface area contributed by atoms with E-state index in [1.807, 2.05) is 25.1 Å². The second-order valence-electron chi connectivity index (χ2n) is 4.68. The number of aryl methyl sites for hydroxylation is 2. The zero-order valence-electron chi connectivity index (χ0n) is 11.2. The van der Waals surface area contributed by atoms with Crippen molar-refractivity contribution in [2.45, 2.75) is 33.1 Å². The summed E-state index contributed by atoms with van der Waals surface area (Å²) in [4.78, 5) is 18.9. The van der Waals surface area contributed by atoms with E-state index in [0.29, 0.717) is 17.8 Å². The van der Waals surface area contributed by atoms with Crippen LogP contribution in [0.3, 0.4) is 0 Å². The Morgan fingerprint density at radius 1 is 1.37 bits per heavy atom. The first-order valence-electron chi connectivity index (χ1n) is 6.51. The van der Waals surface area contributed by atoms with Gasteiger partial charge in [0, 0.05) is 6.42 Å². The molecule has 19 heavy (non-hydrogen) atoms. The van der Waals surface area contributed by atoms with Crippen LogP contribution in [-0.2, 0) is 6.42 Å². The van der Waals surface area contributed by atoms with Crippen LogP contribution in [0.15, 0.2) is 29.1 Å². The molecule has 0 saturated carbocycles. The topological polar surface area (TPSA) is 66.0 Å². The van der Waals surface area contributed by atoms with Gasteiger partial charge in [0.15, 0.2) is 0 Å². The van der Waals surface area contributed by atoms with Crippen molar-refractivity contribution in [2.24, 2.45) is 0 Å². The van der Waals surface area contributed by atoms with E-state index < -0.39 is 0 Å². The highest BCUT2D eigenvalue weighted by molar-refractivity contribution is 5.67. The highest BCUT2D eigenvalue weighted by atomic mass is 16.3. The molecule has 1 aromatic carbocycles. The maximum absolute atomic E-state index is 12.1. The normalized spacial score (nSPS) is 10.6. The Bertz CT molecular complexity index is 632. The quantitative estimate of drug-likeness (QED) is 0.886. The molecule has 2 N–H and O–H groups in total. The number of aromatic amines is 1. The molecule has 0 atom stereocenters. The highest BCUT2D eigenvalue weighted by Crippen LogP contribution is 2.24. The van der Waals surface area contributed by atoms with Crippen LogP contribution in [0.25, 0.3) is 11.1 Å². The van der Waals surface area contributed by atoms with Crippen molar-refractivity contribution in [2.75, 3.05) is 0 Å². The number of unbranched alkanes of at least 4 members (excludes halogenated alkanes) is 1. The van der Waals surface area contributed by atoms with Gasteiger partial charge in [-0.2, -0.15) is 4.98 Å². The summed E-state index contributed by atoms with van der Waals surface area (Å²) < 4.78 is 0. The molecule has 1 heterocycles. The third-order valence-electron chi connectivity index (χ3n) is 3.02. The molecule has 0 unspecified atom stereocenters. The van der Waals surface area contributed by atoms with Crippen LogP contribution in [0, 0.1) is 6.92 Å². The summed E-state index contributed by atoms with van der Waals surface area (Å²) >= 11 is 0. The summed E-state index contributed by atoms with van der Waals surface area (Å²) in [7, 11) is 0. The minimum Gasteiger partial charge on any atom is -0.493 e. The third kappa shape index (κ3) is 3.02. The van der Waals surface area contributed by atoms with Gasteiger partial charge in [0.05, 0.1) is 0 Å². The van der Waals surface area contributed by atoms with Crippen molar-refractivity contribution in [1.82, 2.24) is 9.97 Å². The standard InChI is InChI=1S/C15H18N2O2/c1-3-4-8-12-16-14(18)13(15(19)17-12)11-7-5-6-10(2)9-11/h5-7,9H,3-4,8H2,1-2H3,(H2,16,17,18,19). The number of benzene rings is 1. The van der Waals surface area contributed by atoms with E-state index in [1.54, 1.807) is 6.07 Å². The van der Waals surface area contributed by atoms with Crippen LogP contribution in [0.1, 0.15) is 31.2 Å². The largest absolute Gasteiger partial charge is 0.493 e. The van der Waals surface area contributed by atoms with E-state index in [2.05, 4.69) is 16.9 Å². The number of H-pyrrole nitrogens is 1. The fourth-order valence-electron chi connectivity index (χ4n) is 2.03. The molecule has 0 saturated heterocycles. The van der Waals surface area contributed by atoms with Gasteiger partial charge in [-0.05, 0) is 18.9 Å². The van der Waals surface area contributed by atoms with E-state index in [9.17, 15) is 9.90 Å². The van der Waals surface area contributed by atoms with Crippen LogP contribution in [-0.4, -0.2) is 15.1 Å². The average Bonchev–Trinajstić information content (AvgIpc) is 2.35. The van der Waals surface area contributed by atoms with Crippen LogP contribution in [0.2, 0.25) is 0 Å². The lowest BCUT2D eigenvalue weighted by atomic mass is 10.1. The molecule has 2 aromatic rings. The minimum absolute atomic E-state index is 0.194. The van der Waals surface area contributed by atoms with Crippen LogP contribution < -0.4 is 5.56 Å². The molecule has 0 aliphatic heterocycles. The second-order valence-corrected chi connectivity index (χ2v) is 4.68. The number of aromatic hydroxyl groups is 1. The Kier molecular flexibility index (Phi) is 4.00. The van der Waals surface area contributed by atoms with E-state index >= 15 is 0 Å². The van der Waals surface area contributed by atoms with Crippen LogP contribution in [0.5, 0.6) is 5.88 Å². The maximum Gasteiger partial charge on any atom is 0.262 e. The summed E-state index contributed by atoms with van der Waals surface area (Å²) in [6.45, 7) is 4.01. The van der Waals surface area contributed by atoms with Crippen LogP contribution >= 0.6 is 0 Å². The number of nitrogens with one attached hydrogen (secondary N) is 1. The van der Waals surface area contributed by atoms with Crippen molar-refractivity contribution in [3.8, 4) is 17.0 Å². The molecule has 0 fully saturated rings. The lowest BCUT2D eigenvalue weighted by molar-refractivity contribution is 0.449. The van der Waals surface area contributed by atoms with Gasteiger partial charge in [-0.1, -0.05) is 43.2 Å². The van der Waals surface area contributed by atoms with Gasteiger partial charge in [-0.25, -0.2) is 0 Å². The second kappa shape index (κ2) is 5.69. The first-order chi connectivity index (χ1) is 9.11. The van der Waals surface area contributed by atoms with Gasteiger partial charge >= 0.3 is 0 Å². The van der Waals surface area contributed by atoms with Crippen molar-refractivity contribution >= 4 is 0 Å². The Morgan fingerprint density at radius 3 is 2.79 bits per heavy atom. The number of nitrogens with zero attached hydrogens (tertiary/aromatic N) is 1. The number of rotatable bonds is 4. The molecule has 0 aliphatic rings. The molecule has 1 aromatic heterocycles. The fourth-order valence-corrected chi connectivity index (χ4v) is 2.03. The molecule has 100 valence electrons. The van der Waals surface area contributed by atoms with Crippen LogP contribution in [0.4, 0.5) is 0 Å². The molecule has 0 bridgehead atoms. The van der Waals surface area contributed by atoms with Gasteiger partial charge in [0.1, 0.15) is 11.4 Å². The number of hydrogen-bond acceptors (Lipinski definition) is 3. The third-order valence-corrected chi connectivity index (χ3v) is 3.02. The Labute approximate surface area is 112 Å². The van der Waals surface area contributed by atoms with E-state index in [0.717, 1.165) is 18.4 Å². The Hall–Kier alpha value is -2.10. The van der Waals surface area contributed by atoms with Crippen molar-refractivity contribution in [3.05, 3.63) is 46.0 Å². The van der Waals surface area contributed by atoms with Crippen molar-refractivity contribution in [1.29, 1.82) is 0 Å². The van der Waals surface area contributed by atoms with Gasteiger partial charge in [0.2, 0.25) is 5.88 Å². The summed E-state index contributed by atoms with van der Waals surface area (Å²) in [6.07, 6.45) is 2.63. The smallest absolute Gasteiger partial charge is 0.262 e. The van der Waals surface area contributed by atoms with Gasteiger partial charge in [-0.3, -0.25) is 4.79 Å². The summed E-state index contributed by atoms with van der Waals surface area (Å²) in [5, 5.41) is 9.98. The molecular weight excluding hydrogens is 240 g/mol. The Morgan fingerprint density at radius 2 is 2.16 bits per heavy atom. The first-order valence-corrected chi connectivity index (χ1v) is 6.51. The van der Waals surface area contributed by atoms with Gasteiger partial charge < -0.3 is 10.1 Å². The van der Waals surface area contributed by atoms with Crippen molar-refractivity contribution in [3.63, 3.8) is 0 Å². The summed E-state index contributed by atoms with van der Waals surface area (Å²) in [6, 6.07) is 7.45. The van der Waals surface area contributed by atoms with E-state index in [4.69, 9.17) is 0 Å².